The molecule has 1 atom stereocenters. The molecule has 1 heterocycles. The molecule has 39 heavy (non-hydrogen) atoms. The fourth-order valence-corrected chi connectivity index (χ4v) is 6.11. The number of aromatic amines is 1. The maximum atomic E-state index is 12.9. The van der Waals surface area contributed by atoms with Gasteiger partial charge in [-0.05, 0) is 81.3 Å². The van der Waals surface area contributed by atoms with Gasteiger partial charge >= 0.3 is 0 Å². The Balaban J connectivity index is 1.43. The molecule has 3 nitrogen and oxygen atoms in total. The van der Waals surface area contributed by atoms with Crippen molar-refractivity contribution >= 4 is 16.7 Å². The highest BCUT2D eigenvalue weighted by molar-refractivity contribution is 5.82. The standard InChI is InChI=1S/C36H46N2O/c1-7-10-32(36(5,30-13-8-11-26(2)22-30)31-14-9-12-27(3)23-31)25-38(6)20-19-34(39)17-16-33-24-29-21-28(4)15-18-35(29)37-33/h8-9,11-15,18,21-24,32,37H,7,10,16-17,19-20,25H2,1-6H3. The minimum absolute atomic E-state index is 0.111. The zero-order chi connectivity index (χ0) is 28.0. The van der Waals surface area contributed by atoms with Crippen LogP contribution >= 0.6 is 0 Å². The van der Waals surface area contributed by atoms with Crippen molar-refractivity contribution in [2.45, 2.75) is 72.1 Å². The Morgan fingerprint density at radius 3 is 2.13 bits per heavy atom. The molecule has 0 fully saturated rings. The summed E-state index contributed by atoms with van der Waals surface area (Å²) < 4.78 is 0. The van der Waals surface area contributed by atoms with E-state index >= 15 is 0 Å². The molecule has 1 unspecified atom stereocenters. The van der Waals surface area contributed by atoms with Crippen LogP contribution in [0, 0.1) is 26.7 Å². The Morgan fingerprint density at radius 1 is 0.872 bits per heavy atom. The second-order valence-electron chi connectivity index (χ2n) is 11.9. The first kappa shape index (κ1) is 28.8. The van der Waals surface area contributed by atoms with E-state index < -0.39 is 0 Å². The van der Waals surface area contributed by atoms with E-state index in [1.165, 1.54) is 33.2 Å². The van der Waals surface area contributed by atoms with Gasteiger partial charge < -0.3 is 9.88 Å². The van der Waals surface area contributed by atoms with Crippen LogP contribution in [0.3, 0.4) is 0 Å². The summed E-state index contributed by atoms with van der Waals surface area (Å²) in [6.07, 6.45) is 4.22. The highest BCUT2D eigenvalue weighted by Gasteiger charge is 2.37. The molecule has 3 heteroatoms. The van der Waals surface area contributed by atoms with E-state index in [1.807, 2.05) is 0 Å². The molecular formula is C36H46N2O. The molecule has 0 saturated heterocycles. The lowest BCUT2D eigenvalue weighted by Crippen LogP contribution is -2.41. The Labute approximate surface area is 235 Å². The third kappa shape index (κ3) is 7.08. The minimum Gasteiger partial charge on any atom is -0.358 e. The summed E-state index contributed by atoms with van der Waals surface area (Å²) >= 11 is 0. The average molecular weight is 523 g/mol. The number of carbonyl (C=O) groups is 1. The van der Waals surface area contributed by atoms with Crippen molar-refractivity contribution in [3.05, 3.63) is 106 Å². The summed E-state index contributed by atoms with van der Waals surface area (Å²) in [7, 11) is 2.18. The normalized spacial score (nSPS) is 12.8. The number of hydrogen-bond acceptors (Lipinski definition) is 2. The van der Waals surface area contributed by atoms with Crippen molar-refractivity contribution in [2.24, 2.45) is 5.92 Å². The van der Waals surface area contributed by atoms with Crippen LogP contribution in [0.1, 0.15) is 73.0 Å². The Kier molecular flexibility index (Phi) is 9.45. The van der Waals surface area contributed by atoms with Crippen molar-refractivity contribution < 1.29 is 4.79 Å². The fraction of sp³-hybridized carbons (Fsp3) is 0.417. The van der Waals surface area contributed by atoms with E-state index in [0.717, 1.165) is 43.6 Å². The molecule has 0 spiro atoms. The Morgan fingerprint density at radius 2 is 1.51 bits per heavy atom. The lowest BCUT2D eigenvalue weighted by Gasteiger charge is -2.41. The SMILES string of the molecule is CCCC(CN(C)CCC(=O)CCc1cc2cc(C)ccc2[nH]1)C(C)(c1cccc(C)c1)c1cccc(C)c1. The number of rotatable bonds is 13. The minimum atomic E-state index is -0.111. The summed E-state index contributed by atoms with van der Waals surface area (Å²) in [5.74, 6) is 0.768. The van der Waals surface area contributed by atoms with Gasteiger partial charge in [-0.1, -0.05) is 91.6 Å². The number of carbonyl (C=O) groups excluding carboxylic acids is 1. The number of aromatic nitrogens is 1. The summed E-state index contributed by atoms with van der Waals surface area (Å²) in [4.78, 5) is 18.7. The largest absolute Gasteiger partial charge is 0.358 e. The smallest absolute Gasteiger partial charge is 0.134 e. The van der Waals surface area contributed by atoms with Crippen molar-refractivity contribution in [3.8, 4) is 0 Å². The van der Waals surface area contributed by atoms with Crippen LogP contribution in [0.5, 0.6) is 0 Å². The summed E-state index contributed by atoms with van der Waals surface area (Å²) in [6, 6.07) is 26.7. The Bertz CT molecular complexity index is 1350. The molecule has 0 aliphatic carbocycles. The molecule has 1 aromatic heterocycles. The zero-order valence-corrected chi connectivity index (χ0v) is 24.8. The molecule has 0 bridgehead atoms. The van der Waals surface area contributed by atoms with Gasteiger partial charge in [0.2, 0.25) is 0 Å². The third-order valence-corrected chi connectivity index (χ3v) is 8.50. The van der Waals surface area contributed by atoms with Crippen LogP contribution in [0.2, 0.25) is 0 Å². The summed E-state index contributed by atoms with van der Waals surface area (Å²) in [5.41, 5.74) is 8.79. The number of aryl methyl sites for hydroxylation is 4. The lowest BCUT2D eigenvalue weighted by molar-refractivity contribution is -0.119. The first-order valence-electron chi connectivity index (χ1n) is 14.6. The molecule has 0 aliphatic rings. The van der Waals surface area contributed by atoms with Crippen molar-refractivity contribution in [1.29, 1.82) is 0 Å². The number of H-pyrrole nitrogens is 1. The summed E-state index contributed by atoms with van der Waals surface area (Å²) in [6.45, 7) is 12.9. The van der Waals surface area contributed by atoms with E-state index in [0.29, 0.717) is 24.5 Å². The van der Waals surface area contributed by atoms with Crippen LogP contribution < -0.4 is 0 Å². The van der Waals surface area contributed by atoms with E-state index in [-0.39, 0.29) is 5.41 Å². The highest BCUT2D eigenvalue weighted by atomic mass is 16.1. The molecule has 206 valence electrons. The topological polar surface area (TPSA) is 36.1 Å². The van der Waals surface area contributed by atoms with Gasteiger partial charge in [0.25, 0.3) is 0 Å². The number of benzene rings is 3. The van der Waals surface area contributed by atoms with Crippen molar-refractivity contribution in [3.63, 3.8) is 0 Å². The molecule has 4 rings (SSSR count). The van der Waals surface area contributed by atoms with Crippen molar-refractivity contribution in [2.75, 3.05) is 20.1 Å². The van der Waals surface area contributed by atoms with Crippen LogP contribution in [0.15, 0.2) is 72.8 Å². The first-order valence-corrected chi connectivity index (χ1v) is 14.6. The van der Waals surface area contributed by atoms with E-state index in [2.05, 4.69) is 124 Å². The molecule has 0 aliphatic heterocycles. The van der Waals surface area contributed by atoms with Gasteiger partial charge in [-0.2, -0.15) is 0 Å². The van der Waals surface area contributed by atoms with E-state index in [1.54, 1.807) is 0 Å². The van der Waals surface area contributed by atoms with Gasteiger partial charge in [0.1, 0.15) is 5.78 Å². The second kappa shape index (κ2) is 12.8. The maximum absolute atomic E-state index is 12.9. The van der Waals surface area contributed by atoms with Crippen LogP contribution in [0.25, 0.3) is 10.9 Å². The van der Waals surface area contributed by atoms with Crippen LogP contribution in [-0.4, -0.2) is 35.8 Å². The lowest BCUT2D eigenvalue weighted by atomic mass is 9.65. The number of Topliss-reactive ketones (excluding diaryl/α,β-unsaturated/α-hetero) is 1. The predicted octanol–water partition coefficient (Wildman–Crippen LogP) is 8.34. The second-order valence-corrected chi connectivity index (χ2v) is 11.9. The third-order valence-electron chi connectivity index (χ3n) is 8.50. The first-order chi connectivity index (χ1) is 18.7. The van der Waals surface area contributed by atoms with Crippen molar-refractivity contribution in [1.82, 2.24) is 9.88 Å². The van der Waals surface area contributed by atoms with Crippen LogP contribution in [0.4, 0.5) is 0 Å². The highest BCUT2D eigenvalue weighted by Crippen LogP contribution is 2.42. The predicted molar refractivity (Wildman–Crippen MR) is 166 cm³/mol. The maximum Gasteiger partial charge on any atom is 0.134 e. The average Bonchev–Trinajstić information content (AvgIpc) is 3.32. The van der Waals surface area contributed by atoms with E-state index in [4.69, 9.17) is 0 Å². The quantitative estimate of drug-likeness (QED) is 0.192. The van der Waals surface area contributed by atoms with Gasteiger partial charge in [0.15, 0.2) is 0 Å². The monoisotopic (exact) mass is 522 g/mol. The fourth-order valence-electron chi connectivity index (χ4n) is 6.11. The molecule has 0 amide bonds. The Hall–Kier alpha value is -3.17. The van der Waals surface area contributed by atoms with Crippen LogP contribution in [-0.2, 0) is 16.6 Å². The molecule has 3 aromatic carbocycles. The van der Waals surface area contributed by atoms with Gasteiger partial charge in [0, 0.05) is 42.6 Å². The zero-order valence-electron chi connectivity index (χ0n) is 24.8. The number of nitrogens with one attached hydrogen (secondary N) is 1. The van der Waals surface area contributed by atoms with E-state index in [9.17, 15) is 4.79 Å². The molecular weight excluding hydrogens is 476 g/mol. The number of nitrogens with zero attached hydrogens (tertiary/aromatic N) is 1. The van der Waals surface area contributed by atoms with Gasteiger partial charge in [-0.3, -0.25) is 4.79 Å². The molecule has 0 radical (unpaired) electrons. The molecule has 4 aromatic rings. The van der Waals surface area contributed by atoms with Gasteiger partial charge in [-0.25, -0.2) is 0 Å². The van der Waals surface area contributed by atoms with Gasteiger partial charge in [0.05, 0.1) is 0 Å². The number of fused-ring (bicyclic) bond motifs is 1. The molecule has 1 N–H and O–H groups in total. The summed E-state index contributed by atoms with van der Waals surface area (Å²) in [5, 5.41) is 1.23. The van der Waals surface area contributed by atoms with Gasteiger partial charge in [-0.15, -0.1) is 0 Å². The number of hydrogen-bond donors (Lipinski definition) is 1. The number of ketones is 1. The molecule has 0 saturated carbocycles.